The first kappa shape index (κ1) is 21.6. The van der Waals surface area contributed by atoms with E-state index in [1.807, 2.05) is 25.1 Å². The Morgan fingerprint density at radius 3 is 2.76 bits per heavy atom. The number of unbranched alkanes of at least 4 members (excludes halogenated alkanes) is 2. The zero-order chi connectivity index (χ0) is 21.0. The highest BCUT2D eigenvalue weighted by atomic mass is 79.9. The molecule has 1 aromatic carbocycles. The van der Waals surface area contributed by atoms with E-state index in [0.29, 0.717) is 29.9 Å². The van der Waals surface area contributed by atoms with Crippen molar-refractivity contribution in [3.05, 3.63) is 50.8 Å². The molecule has 1 aliphatic carbocycles. The van der Waals surface area contributed by atoms with Gasteiger partial charge >= 0.3 is 5.97 Å². The van der Waals surface area contributed by atoms with Gasteiger partial charge in [-0.3, -0.25) is 4.79 Å². The van der Waals surface area contributed by atoms with Crippen LogP contribution >= 0.6 is 15.9 Å². The predicted octanol–water partition coefficient (Wildman–Crippen LogP) is 5.16. The Kier molecular flexibility index (Phi) is 7.17. The molecule has 1 aromatic rings. The molecule has 0 saturated heterocycles. The minimum Gasteiger partial charge on any atom is -0.496 e. The molecule has 1 N–H and O–H groups in total. The van der Waals surface area contributed by atoms with E-state index in [-0.39, 0.29) is 11.8 Å². The van der Waals surface area contributed by atoms with Gasteiger partial charge in [-0.1, -0.05) is 25.8 Å². The molecule has 0 saturated carbocycles. The van der Waals surface area contributed by atoms with Crippen molar-refractivity contribution in [2.45, 2.75) is 58.3 Å². The van der Waals surface area contributed by atoms with E-state index in [4.69, 9.17) is 9.47 Å². The number of ketones is 1. The number of hydrogen-bond donors (Lipinski definition) is 1. The van der Waals surface area contributed by atoms with E-state index in [1.54, 1.807) is 7.11 Å². The molecule has 2 aliphatic rings. The lowest BCUT2D eigenvalue weighted by Crippen LogP contribution is -2.34. The number of methoxy groups -OCH3 is 1. The quantitative estimate of drug-likeness (QED) is 0.448. The van der Waals surface area contributed by atoms with Crippen LogP contribution in [-0.2, 0) is 14.3 Å². The summed E-state index contributed by atoms with van der Waals surface area (Å²) >= 11 is 3.53. The van der Waals surface area contributed by atoms with Gasteiger partial charge in [-0.2, -0.15) is 0 Å². The van der Waals surface area contributed by atoms with Crippen LogP contribution in [0.2, 0.25) is 0 Å². The van der Waals surface area contributed by atoms with E-state index in [9.17, 15) is 9.59 Å². The van der Waals surface area contributed by atoms with Gasteiger partial charge in [0.05, 0.1) is 23.8 Å². The Bertz CT molecular complexity index is 872. The number of carbonyl (C=O) groups excluding carboxylic acids is 2. The first-order valence-corrected chi connectivity index (χ1v) is 11.0. The Balaban J connectivity index is 2.02. The third-order valence-corrected chi connectivity index (χ3v) is 6.11. The highest BCUT2D eigenvalue weighted by Crippen LogP contribution is 2.43. The zero-order valence-corrected chi connectivity index (χ0v) is 18.9. The number of carbonyl (C=O) groups is 2. The maximum atomic E-state index is 13.1. The molecule has 0 fully saturated rings. The number of Topliss-reactive ketones (excluding diaryl/α,β-unsaturated/α-hetero) is 1. The Morgan fingerprint density at radius 1 is 1.28 bits per heavy atom. The SMILES string of the molecule is CCCCCOC(=O)C1=C(C)NC2=C(C(=O)CCC2)[C@@H]1c1ccc(OC)c(Br)c1. The molecule has 0 aromatic heterocycles. The molecule has 5 nitrogen and oxygen atoms in total. The fourth-order valence-corrected chi connectivity index (χ4v) is 4.60. The van der Waals surface area contributed by atoms with Gasteiger partial charge in [0, 0.05) is 29.3 Å². The Morgan fingerprint density at radius 2 is 2.07 bits per heavy atom. The van der Waals surface area contributed by atoms with E-state index < -0.39 is 5.92 Å². The number of halogens is 1. The van der Waals surface area contributed by atoms with Crippen molar-refractivity contribution in [3.63, 3.8) is 0 Å². The number of nitrogens with one attached hydrogen (secondary N) is 1. The average Bonchev–Trinajstić information content (AvgIpc) is 2.70. The van der Waals surface area contributed by atoms with Crippen molar-refractivity contribution in [1.82, 2.24) is 5.32 Å². The lowest BCUT2D eigenvalue weighted by Gasteiger charge is -2.34. The van der Waals surface area contributed by atoms with Crippen LogP contribution < -0.4 is 10.1 Å². The number of dihydropyridines is 1. The van der Waals surface area contributed by atoms with Crippen molar-refractivity contribution in [3.8, 4) is 5.75 Å². The van der Waals surface area contributed by atoms with E-state index in [2.05, 4.69) is 28.2 Å². The van der Waals surface area contributed by atoms with Crippen LogP contribution in [0.3, 0.4) is 0 Å². The number of hydrogen-bond acceptors (Lipinski definition) is 5. The van der Waals surface area contributed by atoms with E-state index >= 15 is 0 Å². The van der Waals surface area contributed by atoms with Crippen molar-refractivity contribution < 1.29 is 19.1 Å². The lowest BCUT2D eigenvalue weighted by molar-refractivity contribution is -0.139. The molecule has 6 heteroatoms. The van der Waals surface area contributed by atoms with Gasteiger partial charge in [0.25, 0.3) is 0 Å². The minimum absolute atomic E-state index is 0.0967. The summed E-state index contributed by atoms with van der Waals surface area (Å²) in [5.41, 5.74) is 3.78. The van der Waals surface area contributed by atoms with Crippen LogP contribution in [0.15, 0.2) is 45.2 Å². The Labute approximate surface area is 180 Å². The number of rotatable bonds is 7. The second-order valence-electron chi connectivity index (χ2n) is 7.50. The van der Waals surface area contributed by atoms with Crippen LogP contribution in [0.4, 0.5) is 0 Å². The van der Waals surface area contributed by atoms with Crippen molar-refractivity contribution >= 4 is 27.7 Å². The minimum atomic E-state index is -0.431. The fraction of sp³-hybridized carbons (Fsp3) is 0.478. The number of esters is 1. The van der Waals surface area contributed by atoms with Crippen LogP contribution in [0, 0.1) is 0 Å². The van der Waals surface area contributed by atoms with Gasteiger partial charge in [-0.05, 0) is 59.8 Å². The van der Waals surface area contributed by atoms with E-state index in [0.717, 1.165) is 53.5 Å². The van der Waals surface area contributed by atoms with Crippen LogP contribution in [0.5, 0.6) is 5.75 Å². The van der Waals surface area contributed by atoms with E-state index in [1.165, 1.54) is 0 Å². The van der Waals surface area contributed by atoms with Gasteiger partial charge in [0.15, 0.2) is 5.78 Å². The maximum Gasteiger partial charge on any atom is 0.336 e. The lowest BCUT2D eigenvalue weighted by atomic mass is 9.75. The van der Waals surface area contributed by atoms with Crippen molar-refractivity contribution in [2.24, 2.45) is 0 Å². The summed E-state index contributed by atoms with van der Waals surface area (Å²) in [4.78, 5) is 25.9. The van der Waals surface area contributed by atoms with Gasteiger partial charge in [0.2, 0.25) is 0 Å². The average molecular weight is 462 g/mol. The summed E-state index contributed by atoms with van der Waals surface area (Å²) in [6.07, 6.45) is 5.07. The molecule has 0 spiro atoms. The third kappa shape index (κ3) is 4.58. The molecule has 0 bridgehead atoms. The molecule has 1 heterocycles. The largest absolute Gasteiger partial charge is 0.496 e. The standard InChI is InChI=1S/C23H28BrNO4/c1-4-5-6-12-29-23(27)20-14(2)25-17-8-7-9-18(26)22(17)21(20)15-10-11-19(28-3)16(24)13-15/h10-11,13,21,25H,4-9,12H2,1-3H3/t21-/m1/s1. The monoisotopic (exact) mass is 461 g/mol. The number of ether oxygens (including phenoxy) is 2. The Hall–Kier alpha value is -2.08. The second-order valence-corrected chi connectivity index (χ2v) is 8.36. The third-order valence-electron chi connectivity index (χ3n) is 5.49. The molecule has 0 unspecified atom stereocenters. The topological polar surface area (TPSA) is 64.6 Å². The normalized spacial score (nSPS) is 19.0. The molecule has 3 rings (SSSR count). The first-order chi connectivity index (χ1) is 14.0. The van der Waals surface area contributed by atoms with Gasteiger partial charge in [-0.25, -0.2) is 4.79 Å². The summed E-state index contributed by atoms with van der Waals surface area (Å²) in [5, 5.41) is 3.32. The van der Waals surface area contributed by atoms with Gasteiger partial charge in [0.1, 0.15) is 5.75 Å². The predicted molar refractivity (Wildman–Crippen MR) is 116 cm³/mol. The smallest absolute Gasteiger partial charge is 0.336 e. The van der Waals surface area contributed by atoms with Crippen molar-refractivity contribution in [1.29, 1.82) is 0 Å². The summed E-state index contributed by atoms with van der Waals surface area (Å²) in [5.74, 6) is 0.0172. The van der Waals surface area contributed by atoms with Crippen LogP contribution in [0.25, 0.3) is 0 Å². The van der Waals surface area contributed by atoms with Crippen LogP contribution in [0.1, 0.15) is 63.9 Å². The molecular formula is C23H28BrNO4. The maximum absolute atomic E-state index is 13.1. The second kappa shape index (κ2) is 9.61. The fourth-order valence-electron chi connectivity index (χ4n) is 4.04. The van der Waals surface area contributed by atoms with Gasteiger partial charge in [-0.15, -0.1) is 0 Å². The van der Waals surface area contributed by atoms with Crippen LogP contribution in [-0.4, -0.2) is 25.5 Å². The molecular weight excluding hydrogens is 434 g/mol. The van der Waals surface area contributed by atoms with Crippen molar-refractivity contribution in [2.75, 3.05) is 13.7 Å². The molecule has 156 valence electrons. The molecule has 0 radical (unpaired) electrons. The van der Waals surface area contributed by atoms with Gasteiger partial charge < -0.3 is 14.8 Å². The summed E-state index contributed by atoms with van der Waals surface area (Å²) in [6, 6.07) is 5.71. The summed E-state index contributed by atoms with van der Waals surface area (Å²) in [6.45, 7) is 4.39. The molecule has 1 aliphatic heterocycles. The molecule has 0 amide bonds. The molecule has 1 atom stereocenters. The molecule has 29 heavy (non-hydrogen) atoms. The number of benzene rings is 1. The summed E-state index contributed by atoms with van der Waals surface area (Å²) < 4.78 is 11.7. The zero-order valence-electron chi connectivity index (χ0n) is 17.3. The number of allylic oxidation sites excluding steroid dienone is 3. The highest BCUT2D eigenvalue weighted by molar-refractivity contribution is 9.10. The summed E-state index contributed by atoms with van der Waals surface area (Å²) in [7, 11) is 1.61. The highest BCUT2D eigenvalue weighted by Gasteiger charge is 2.39. The first-order valence-electron chi connectivity index (χ1n) is 10.2.